The number of carbonyl (C=O) groups is 1. The topological polar surface area (TPSA) is 49.6 Å². The Morgan fingerprint density at radius 3 is 2.82 bits per heavy atom. The molecule has 22 heavy (non-hydrogen) atoms. The van der Waals surface area contributed by atoms with Gasteiger partial charge in [0.25, 0.3) is 0 Å². The van der Waals surface area contributed by atoms with Gasteiger partial charge in [-0.05, 0) is 33.6 Å². The molecule has 0 radical (unpaired) electrons. The van der Waals surface area contributed by atoms with Gasteiger partial charge in [-0.15, -0.1) is 0 Å². The van der Waals surface area contributed by atoms with Crippen LogP contribution >= 0.6 is 0 Å². The van der Waals surface area contributed by atoms with Gasteiger partial charge in [0, 0.05) is 31.2 Å². The molecule has 5 heteroatoms. The summed E-state index contributed by atoms with van der Waals surface area (Å²) in [5.41, 5.74) is 1.97. The molecule has 120 valence electrons. The maximum absolute atomic E-state index is 12.8. The number of hydrogen-bond donors (Lipinski definition) is 0. The van der Waals surface area contributed by atoms with Crippen LogP contribution in [-0.4, -0.2) is 46.5 Å². The SMILES string of the molecule is C/C=C/CN1C[C@H]2CC[C@@H](C1)N(Cc1c(C)noc1C)C2=O. The van der Waals surface area contributed by atoms with Crippen LogP contribution in [0, 0.1) is 19.8 Å². The average Bonchev–Trinajstić information content (AvgIpc) is 2.69. The molecule has 2 atom stereocenters. The molecule has 0 N–H and O–H groups in total. The zero-order chi connectivity index (χ0) is 15.7. The largest absolute Gasteiger partial charge is 0.361 e. The number of hydrogen-bond acceptors (Lipinski definition) is 4. The molecule has 4 heterocycles. The van der Waals surface area contributed by atoms with Crippen LogP contribution < -0.4 is 0 Å². The third kappa shape index (κ3) is 2.82. The van der Waals surface area contributed by atoms with Gasteiger partial charge >= 0.3 is 0 Å². The van der Waals surface area contributed by atoms with E-state index in [-0.39, 0.29) is 5.92 Å². The lowest BCUT2D eigenvalue weighted by Gasteiger charge is -2.36. The van der Waals surface area contributed by atoms with E-state index in [1.54, 1.807) is 0 Å². The Balaban J connectivity index is 1.79. The van der Waals surface area contributed by atoms with Gasteiger partial charge in [-0.1, -0.05) is 17.3 Å². The summed E-state index contributed by atoms with van der Waals surface area (Å²) in [4.78, 5) is 17.3. The van der Waals surface area contributed by atoms with E-state index in [2.05, 4.69) is 27.1 Å². The molecule has 0 aliphatic carbocycles. The van der Waals surface area contributed by atoms with E-state index in [0.717, 1.165) is 49.5 Å². The highest BCUT2D eigenvalue weighted by Crippen LogP contribution is 2.31. The van der Waals surface area contributed by atoms with Crippen molar-refractivity contribution in [1.29, 1.82) is 0 Å². The van der Waals surface area contributed by atoms with Crippen molar-refractivity contribution >= 4 is 5.91 Å². The van der Waals surface area contributed by atoms with Crippen molar-refractivity contribution in [1.82, 2.24) is 15.0 Å². The van der Waals surface area contributed by atoms with Gasteiger partial charge < -0.3 is 9.42 Å². The average molecular weight is 303 g/mol. The van der Waals surface area contributed by atoms with Gasteiger partial charge in [0.05, 0.1) is 18.2 Å². The van der Waals surface area contributed by atoms with Crippen LogP contribution in [0.1, 0.15) is 36.8 Å². The molecule has 0 aromatic carbocycles. The van der Waals surface area contributed by atoms with Crippen molar-refractivity contribution in [3.05, 3.63) is 29.2 Å². The van der Waals surface area contributed by atoms with Crippen LogP contribution in [0.4, 0.5) is 0 Å². The monoisotopic (exact) mass is 303 g/mol. The van der Waals surface area contributed by atoms with Crippen molar-refractivity contribution in [3.63, 3.8) is 0 Å². The van der Waals surface area contributed by atoms with Crippen molar-refractivity contribution < 1.29 is 9.32 Å². The second kappa shape index (κ2) is 6.24. The number of allylic oxidation sites excluding steroid dienone is 1. The van der Waals surface area contributed by atoms with E-state index in [1.807, 2.05) is 20.8 Å². The lowest BCUT2D eigenvalue weighted by Crippen LogP contribution is -2.47. The van der Waals surface area contributed by atoms with Crippen LogP contribution in [0.15, 0.2) is 16.7 Å². The highest BCUT2D eigenvalue weighted by Gasteiger charge is 2.40. The highest BCUT2D eigenvalue weighted by atomic mass is 16.5. The normalized spacial score (nSPS) is 26.1. The van der Waals surface area contributed by atoms with E-state index in [0.29, 0.717) is 18.5 Å². The Morgan fingerprint density at radius 2 is 2.14 bits per heavy atom. The van der Waals surface area contributed by atoms with Gasteiger partial charge in [0.15, 0.2) is 0 Å². The second-order valence-electron chi connectivity index (χ2n) is 6.48. The molecule has 1 amide bonds. The number of nitrogens with zero attached hydrogens (tertiary/aromatic N) is 3. The minimum atomic E-state index is 0.143. The van der Waals surface area contributed by atoms with E-state index < -0.39 is 0 Å². The quantitative estimate of drug-likeness (QED) is 0.801. The minimum Gasteiger partial charge on any atom is -0.361 e. The Kier molecular flexibility index (Phi) is 4.34. The first-order valence-electron chi connectivity index (χ1n) is 8.16. The summed E-state index contributed by atoms with van der Waals surface area (Å²) in [5.74, 6) is 1.28. The summed E-state index contributed by atoms with van der Waals surface area (Å²) >= 11 is 0. The summed E-state index contributed by atoms with van der Waals surface area (Å²) in [6.07, 6.45) is 6.38. The van der Waals surface area contributed by atoms with E-state index in [1.165, 1.54) is 0 Å². The molecule has 2 bridgehead atoms. The summed E-state index contributed by atoms with van der Waals surface area (Å²) in [5, 5.41) is 4.02. The van der Waals surface area contributed by atoms with E-state index >= 15 is 0 Å². The maximum atomic E-state index is 12.8. The molecule has 1 aromatic rings. The fourth-order valence-corrected chi connectivity index (χ4v) is 3.64. The standard InChI is InChI=1S/C17H25N3O2/c1-4-5-8-19-9-14-6-7-15(10-19)20(17(14)21)11-16-12(2)18-22-13(16)3/h4-5,14-15H,6-11H2,1-3H3/b5-4+/t14-,15+/m1/s1. The number of carbonyl (C=O) groups excluding carboxylic acids is 1. The van der Waals surface area contributed by atoms with Gasteiger partial charge in [-0.25, -0.2) is 0 Å². The summed E-state index contributed by atoms with van der Waals surface area (Å²) < 4.78 is 5.25. The van der Waals surface area contributed by atoms with Gasteiger partial charge in [-0.2, -0.15) is 0 Å². The van der Waals surface area contributed by atoms with Crippen LogP contribution in [0.5, 0.6) is 0 Å². The number of piperidine rings is 1. The van der Waals surface area contributed by atoms with Crippen molar-refractivity contribution in [2.45, 2.75) is 46.2 Å². The number of rotatable bonds is 4. The molecule has 3 saturated heterocycles. The van der Waals surface area contributed by atoms with Crippen LogP contribution in [-0.2, 0) is 11.3 Å². The van der Waals surface area contributed by atoms with Gasteiger partial charge in [0.1, 0.15) is 5.76 Å². The van der Waals surface area contributed by atoms with Gasteiger partial charge in [0.2, 0.25) is 5.91 Å². The van der Waals surface area contributed by atoms with Crippen molar-refractivity contribution in [2.75, 3.05) is 19.6 Å². The first kappa shape index (κ1) is 15.3. The summed E-state index contributed by atoms with van der Waals surface area (Å²) in [6.45, 7) is 9.35. The summed E-state index contributed by atoms with van der Waals surface area (Å²) in [7, 11) is 0. The molecule has 0 spiro atoms. The zero-order valence-corrected chi connectivity index (χ0v) is 13.7. The Morgan fingerprint density at radius 1 is 1.32 bits per heavy atom. The molecular formula is C17H25N3O2. The molecule has 0 saturated carbocycles. The molecule has 1 aromatic heterocycles. The van der Waals surface area contributed by atoms with Crippen LogP contribution in [0.25, 0.3) is 0 Å². The molecule has 3 aliphatic heterocycles. The Hall–Kier alpha value is -1.62. The molecular weight excluding hydrogens is 278 g/mol. The first-order valence-corrected chi connectivity index (χ1v) is 8.16. The number of aromatic nitrogens is 1. The van der Waals surface area contributed by atoms with Gasteiger partial charge in [-0.3, -0.25) is 9.69 Å². The van der Waals surface area contributed by atoms with E-state index in [9.17, 15) is 4.79 Å². The molecule has 3 fully saturated rings. The molecule has 4 rings (SSSR count). The van der Waals surface area contributed by atoms with Crippen molar-refractivity contribution in [2.24, 2.45) is 5.92 Å². The Bertz CT molecular complexity index is 559. The smallest absolute Gasteiger partial charge is 0.227 e. The summed E-state index contributed by atoms with van der Waals surface area (Å²) in [6, 6.07) is 0.310. The first-order chi connectivity index (χ1) is 10.6. The number of amides is 1. The van der Waals surface area contributed by atoms with E-state index in [4.69, 9.17) is 4.52 Å². The Labute approximate surface area is 131 Å². The second-order valence-corrected chi connectivity index (χ2v) is 6.48. The third-order valence-corrected chi connectivity index (χ3v) is 4.98. The lowest BCUT2D eigenvalue weighted by atomic mass is 9.93. The predicted molar refractivity (Wildman–Crippen MR) is 84.3 cm³/mol. The molecule has 5 nitrogen and oxygen atoms in total. The number of aryl methyl sites for hydroxylation is 2. The fraction of sp³-hybridized carbons (Fsp3) is 0.647. The van der Waals surface area contributed by atoms with Crippen molar-refractivity contribution in [3.8, 4) is 0 Å². The minimum absolute atomic E-state index is 0.143. The molecule has 0 unspecified atom stereocenters. The maximum Gasteiger partial charge on any atom is 0.227 e. The fourth-order valence-electron chi connectivity index (χ4n) is 3.64. The highest BCUT2D eigenvalue weighted by molar-refractivity contribution is 5.80. The van der Waals surface area contributed by atoms with Crippen LogP contribution in [0.3, 0.4) is 0 Å². The predicted octanol–water partition coefficient (Wildman–Crippen LogP) is 2.29. The van der Waals surface area contributed by atoms with Crippen LogP contribution in [0.2, 0.25) is 0 Å². The third-order valence-electron chi connectivity index (χ3n) is 4.98. The molecule has 3 aliphatic rings. The lowest BCUT2D eigenvalue weighted by molar-refractivity contribution is -0.140. The number of fused-ring (bicyclic) bond motifs is 4. The zero-order valence-electron chi connectivity index (χ0n) is 13.7.